The summed E-state index contributed by atoms with van der Waals surface area (Å²) in [5, 5.41) is 19.1. The van der Waals surface area contributed by atoms with Gasteiger partial charge in [0.25, 0.3) is 0 Å². The van der Waals surface area contributed by atoms with Gasteiger partial charge in [0.15, 0.2) is 0 Å². The van der Waals surface area contributed by atoms with E-state index in [-0.39, 0.29) is 6.61 Å². The molecule has 5 heteroatoms. The molecule has 0 aromatic heterocycles. The van der Waals surface area contributed by atoms with Crippen molar-refractivity contribution in [3.05, 3.63) is 34.3 Å². The van der Waals surface area contributed by atoms with Crippen molar-refractivity contribution in [1.29, 1.82) is 0 Å². The molecule has 4 nitrogen and oxygen atoms in total. The number of nitrogens with zero attached hydrogens (tertiary/aromatic N) is 2. The topological polar surface area (TPSA) is 46.9 Å². The maximum atomic E-state index is 10.2. The molecule has 1 aromatic carbocycles. The molecule has 19 heavy (non-hydrogen) atoms. The van der Waals surface area contributed by atoms with Crippen LogP contribution < -0.4 is 0 Å². The van der Waals surface area contributed by atoms with Gasteiger partial charge in [-0.1, -0.05) is 28.1 Å². The van der Waals surface area contributed by atoms with Crippen molar-refractivity contribution in [2.45, 2.75) is 6.10 Å². The maximum Gasteiger partial charge on any atom is 0.0916 e. The molecule has 1 aromatic rings. The molecule has 0 bridgehead atoms. The van der Waals surface area contributed by atoms with E-state index in [1.54, 1.807) is 0 Å². The summed E-state index contributed by atoms with van der Waals surface area (Å²) in [6, 6.07) is 7.82. The highest BCUT2D eigenvalue weighted by Crippen LogP contribution is 2.18. The lowest BCUT2D eigenvalue weighted by Crippen LogP contribution is -2.48. The molecular formula is C14H21BrN2O2. The Morgan fingerprint density at radius 3 is 2.21 bits per heavy atom. The van der Waals surface area contributed by atoms with Crippen LogP contribution in [0.3, 0.4) is 0 Å². The highest BCUT2D eigenvalue weighted by Gasteiger charge is 2.19. The zero-order chi connectivity index (χ0) is 13.7. The van der Waals surface area contributed by atoms with Gasteiger partial charge in [0.1, 0.15) is 0 Å². The largest absolute Gasteiger partial charge is 0.395 e. The lowest BCUT2D eigenvalue weighted by atomic mass is 10.1. The van der Waals surface area contributed by atoms with Crippen molar-refractivity contribution in [2.24, 2.45) is 0 Å². The Labute approximate surface area is 122 Å². The SMILES string of the molecule is OCCN1CCN(C[C@@H](O)c2ccc(Br)cc2)CC1. The molecule has 106 valence electrons. The van der Waals surface area contributed by atoms with Gasteiger partial charge in [0.05, 0.1) is 12.7 Å². The Hall–Kier alpha value is -0.460. The predicted molar refractivity (Wildman–Crippen MR) is 79.1 cm³/mol. The van der Waals surface area contributed by atoms with Crippen molar-refractivity contribution in [2.75, 3.05) is 45.9 Å². The Morgan fingerprint density at radius 2 is 1.63 bits per heavy atom. The van der Waals surface area contributed by atoms with Crippen LogP contribution in [0.1, 0.15) is 11.7 Å². The van der Waals surface area contributed by atoms with Crippen LogP contribution in [-0.4, -0.2) is 65.9 Å². The molecule has 0 unspecified atom stereocenters. The number of halogens is 1. The Kier molecular flexibility index (Phi) is 5.78. The second-order valence-electron chi connectivity index (χ2n) is 4.93. The first-order valence-corrected chi connectivity index (χ1v) is 7.47. The van der Waals surface area contributed by atoms with Crippen LogP contribution in [-0.2, 0) is 0 Å². The molecule has 1 saturated heterocycles. The van der Waals surface area contributed by atoms with Crippen LogP contribution in [0.4, 0.5) is 0 Å². The van der Waals surface area contributed by atoms with Crippen LogP contribution >= 0.6 is 15.9 Å². The quantitative estimate of drug-likeness (QED) is 0.849. The molecule has 0 aliphatic carbocycles. The number of aliphatic hydroxyl groups excluding tert-OH is 2. The van der Waals surface area contributed by atoms with E-state index >= 15 is 0 Å². The molecule has 1 aliphatic rings. The first-order chi connectivity index (χ1) is 9.19. The van der Waals surface area contributed by atoms with Gasteiger partial charge < -0.3 is 10.2 Å². The molecule has 1 heterocycles. The van der Waals surface area contributed by atoms with E-state index in [1.807, 2.05) is 24.3 Å². The summed E-state index contributed by atoms with van der Waals surface area (Å²) in [5.74, 6) is 0. The van der Waals surface area contributed by atoms with Gasteiger partial charge in [-0.2, -0.15) is 0 Å². The van der Waals surface area contributed by atoms with Crippen molar-refractivity contribution in [3.8, 4) is 0 Å². The van der Waals surface area contributed by atoms with E-state index in [2.05, 4.69) is 25.7 Å². The summed E-state index contributed by atoms with van der Waals surface area (Å²) in [4.78, 5) is 4.53. The standard InChI is InChI=1S/C14H21BrN2O2/c15-13-3-1-12(2-4-13)14(19)11-17-7-5-16(6-8-17)9-10-18/h1-4,14,18-19H,5-11H2/t14-/m1/s1. The Morgan fingerprint density at radius 1 is 1.05 bits per heavy atom. The first kappa shape index (κ1) is 14.9. The fraction of sp³-hybridized carbons (Fsp3) is 0.571. The number of hydrogen-bond acceptors (Lipinski definition) is 4. The average molecular weight is 329 g/mol. The summed E-state index contributed by atoms with van der Waals surface area (Å²) in [6.07, 6.45) is -0.433. The third-order valence-electron chi connectivity index (χ3n) is 3.57. The fourth-order valence-electron chi connectivity index (χ4n) is 2.37. The van der Waals surface area contributed by atoms with Gasteiger partial charge in [0, 0.05) is 43.7 Å². The maximum absolute atomic E-state index is 10.2. The number of β-amino-alcohol motifs (C(OH)–C–C–N with tert-alkyl or cyclic N) is 2. The van der Waals surface area contributed by atoms with Gasteiger partial charge >= 0.3 is 0 Å². The molecule has 2 rings (SSSR count). The molecule has 0 radical (unpaired) electrons. The first-order valence-electron chi connectivity index (χ1n) is 6.68. The minimum absolute atomic E-state index is 0.224. The summed E-state index contributed by atoms with van der Waals surface area (Å²) < 4.78 is 1.03. The molecular weight excluding hydrogens is 308 g/mol. The van der Waals surface area contributed by atoms with Gasteiger partial charge in [0.2, 0.25) is 0 Å². The van der Waals surface area contributed by atoms with Crippen LogP contribution in [0.5, 0.6) is 0 Å². The zero-order valence-corrected chi connectivity index (χ0v) is 12.6. The number of benzene rings is 1. The second-order valence-corrected chi connectivity index (χ2v) is 5.85. The van der Waals surface area contributed by atoms with Crippen molar-refractivity contribution >= 4 is 15.9 Å². The summed E-state index contributed by atoms with van der Waals surface area (Å²) >= 11 is 3.40. The van der Waals surface area contributed by atoms with E-state index in [9.17, 15) is 5.11 Å². The summed E-state index contributed by atoms with van der Waals surface area (Å²) in [6.45, 7) is 5.49. The van der Waals surface area contributed by atoms with Gasteiger partial charge in [-0.15, -0.1) is 0 Å². The zero-order valence-electron chi connectivity index (χ0n) is 11.0. The lowest BCUT2D eigenvalue weighted by molar-refractivity contribution is 0.0661. The van der Waals surface area contributed by atoms with Crippen LogP contribution in [0.15, 0.2) is 28.7 Å². The van der Waals surface area contributed by atoms with Crippen LogP contribution in [0.2, 0.25) is 0 Å². The van der Waals surface area contributed by atoms with Gasteiger partial charge in [-0.3, -0.25) is 9.80 Å². The lowest BCUT2D eigenvalue weighted by Gasteiger charge is -2.35. The van der Waals surface area contributed by atoms with Crippen LogP contribution in [0, 0.1) is 0 Å². The summed E-state index contributed by atoms with van der Waals surface area (Å²) in [7, 11) is 0. The molecule has 2 N–H and O–H groups in total. The van der Waals surface area contributed by atoms with Crippen molar-refractivity contribution < 1.29 is 10.2 Å². The number of rotatable bonds is 5. The molecule has 0 amide bonds. The molecule has 1 fully saturated rings. The van der Waals surface area contributed by atoms with E-state index < -0.39 is 6.10 Å². The van der Waals surface area contributed by atoms with Crippen LogP contribution in [0.25, 0.3) is 0 Å². The molecule has 1 atom stereocenters. The molecule has 0 saturated carbocycles. The summed E-state index contributed by atoms with van der Waals surface area (Å²) in [5.41, 5.74) is 0.959. The number of hydrogen-bond donors (Lipinski definition) is 2. The van der Waals surface area contributed by atoms with Crippen molar-refractivity contribution in [3.63, 3.8) is 0 Å². The fourth-order valence-corrected chi connectivity index (χ4v) is 2.64. The van der Waals surface area contributed by atoms with E-state index in [0.717, 1.165) is 42.8 Å². The third kappa shape index (κ3) is 4.54. The minimum atomic E-state index is -0.433. The predicted octanol–water partition coefficient (Wildman–Crippen LogP) is 1.09. The second kappa shape index (κ2) is 7.36. The Bertz CT molecular complexity index is 378. The molecule has 0 spiro atoms. The van der Waals surface area contributed by atoms with Gasteiger partial charge in [-0.05, 0) is 17.7 Å². The number of piperazine rings is 1. The third-order valence-corrected chi connectivity index (χ3v) is 4.10. The van der Waals surface area contributed by atoms with Crippen molar-refractivity contribution in [1.82, 2.24) is 9.80 Å². The van der Waals surface area contributed by atoms with E-state index in [4.69, 9.17) is 5.11 Å². The Balaban J connectivity index is 1.80. The van der Waals surface area contributed by atoms with E-state index in [1.165, 1.54) is 0 Å². The minimum Gasteiger partial charge on any atom is -0.395 e. The highest BCUT2D eigenvalue weighted by atomic mass is 79.9. The monoisotopic (exact) mass is 328 g/mol. The highest BCUT2D eigenvalue weighted by molar-refractivity contribution is 9.10. The van der Waals surface area contributed by atoms with E-state index in [0.29, 0.717) is 6.54 Å². The molecule has 1 aliphatic heterocycles. The van der Waals surface area contributed by atoms with Gasteiger partial charge in [-0.25, -0.2) is 0 Å². The normalized spacial score (nSPS) is 19.5. The number of aliphatic hydroxyl groups is 2. The average Bonchev–Trinajstić information content (AvgIpc) is 2.42. The smallest absolute Gasteiger partial charge is 0.0916 e.